The SMILES string of the molecule is CN(CCOc1ccc(F)cc1)S(=O)(=O)c1ccc(F)c(F)c1F. The maximum absolute atomic E-state index is 13.7. The van der Waals surface area contributed by atoms with Crippen molar-refractivity contribution in [3.05, 3.63) is 59.7 Å². The highest BCUT2D eigenvalue weighted by atomic mass is 32.2. The number of likely N-dealkylation sites (N-methyl/N-ethyl adjacent to an activating group) is 1. The summed E-state index contributed by atoms with van der Waals surface area (Å²) in [5.41, 5.74) is 0. The van der Waals surface area contributed by atoms with Crippen LogP contribution < -0.4 is 4.74 Å². The fraction of sp³-hybridized carbons (Fsp3) is 0.200. The zero-order valence-corrected chi connectivity index (χ0v) is 13.3. The Labute approximate surface area is 136 Å². The largest absolute Gasteiger partial charge is 0.492 e. The summed E-state index contributed by atoms with van der Waals surface area (Å²) >= 11 is 0. The van der Waals surface area contributed by atoms with E-state index < -0.39 is 38.2 Å². The van der Waals surface area contributed by atoms with E-state index in [0.29, 0.717) is 17.9 Å². The molecule has 2 aromatic rings. The van der Waals surface area contributed by atoms with Gasteiger partial charge in [0.05, 0.1) is 0 Å². The normalized spacial score (nSPS) is 11.8. The van der Waals surface area contributed by atoms with Crippen LogP contribution in [-0.4, -0.2) is 32.9 Å². The van der Waals surface area contributed by atoms with Crippen LogP contribution in [0.15, 0.2) is 41.3 Å². The van der Waals surface area contributed by atoms with Crippen LogP contribution in [0, 0.1) is 23.3 Å². The van der Waals surface area contributed by atoms with Gasteiger partial charge in [-0.1, -0.05) is 0 Å². The molecule has 0 N–H and O–H groups in total. The average molecular weight is 363 g/mol. The molecule has 4 nitrogen and oxygen atoms in total. The molecule has 0 bridgehead atoms. The zero-order valence-electron chi connectivity index (χ0n) is 12.5. The van der Waals surface area contributed by atoms with E-state index >= 15 is 0 Å². The standard InChI is InChI=1S/C15H13F4NO3S/c1-20(8-9-23-11-4-2-10(16)3-5-11)24(21,22)13-7-6-12(17)14(18)15(13)19/h2-7H,8-9H2,1H3. The molecule has 2 aromatic carbocycles. The molecule has 0 atom stereocenters. The minimum absolute atomic E-state index is 0.105. The summed E-state index contributed by atoms with van der Waals surface area (Å²) in [6, 6.07) is 6.26. The van der Waals surface area contributed by atoms with E-state index in [1.54, 1.807) is 0 Å². The second kappa shape index (κ2) is 7.18. The van der Waals surface area contributed by atoms with Crippen LogP contribution in [-0.2, 0) is 10.0 Å². The quantitative estimate of drug-likeness (QED) is 0.586. The summed E-state index contributed by atoms with van der Waals surface area (Å²) in [6.45, 7) is -0.287. The first kappa shape index (κ1) is 18.2. The Balaban J connectivity index is 2.06. The van der Waals surface area contributed by atoms with E-state index in [1.807, 2.05) is 0 Å². The first-order valence-corrected chi connectivity index (χ1v) is 8.15. The van der Waals surface area contributed by atoms with Gasteiger partial charge in [0.25, 0.3) is 0 Å². The van der Waals surface area contributed by atoms with Gasteiger partial charge in [-0.2, -0.15) is 4.31 Å². The van der Waals surface area contributed by atoms with Crippen molar-refractivity contribution in [1.29, 1.82) is 0 Å². The van der Waals surface area contributed by atoms with E-state index in [9.17, 15) is 26.0 Å². The van der Waals surface area contributed by atoms with Gasteiger partial charge in [-0.3, -0.25) is 0 Å². The highest BCUT2D eigenvalue weighted by Gasteiger charge is 2.27. The molecule has 0 amide bonds. The van der Waals surface area contributed by atoms with Crippen molar-refractivity contribution in [3.8, 4) is 5.75 Å². The second-order valence-electron chi connectivity index (χ2n) is 4.80. The highest BCUT2D eigenvalue weighted by Crippen LogP contribution is 2.22. The van der Waals surface area contributed by atoms with Gasteiger partial charge < -0.3 is 4.74 Å². The van der Waals surface area contributed by atoms with Crippen LogP contribution in [0.1, 0.15) is 0 Å². The summed E-state index contributed by atoms with van der Waals surface area (Å²) in [6.07, 6.45) is 0. The van der Waals surface area contributed by atoms with Gasteiger partial charge in [0, 0.05) is 13.6 Å². The third kappa shape index (κ3) is 3.85. The van der Waals surface area contributed by atoms with Crippen molar-refractivity contribution in [2.75, 3.05) is 20.2 Å². The molecule has 0 aliphatic heterocycles. The summed E-state index contributed by atoms with van der Waals surface area (Å²) in [7, 11) is -3.22. The molecule has 0 fully saturated rings. The number of rotatable bonds is 6. The van der Waals surface area contributed by atoms with E-state index in [1.165, 1.54) is 24.3 Å². The molecule has 0 aromatic heterocycles. The number of nitrogens with zero attached hydrogens (tertiary/aromatic N) is 1. The molecular formula is C15H13F4NO3S. The molecule has 2 rings (SSSR count). The van der Waals surface area contributed by atoms with Gasteiger partial charge in [0.15, 0.2) is 17.5 Å². The number of hydrogen-bond donors (Lipinski definition) is 0. The van der Waals surface area contributed by atoms with Gasteiger partial charge in [-0.05, 0) is 36.4 Å². The molecule has 0 radical (unpaired) electrons. The maximum atomic E-state index is 13.7. The lowest BCUT2D eigenvalue weighted by Crippen LogP contribution is -2.31. The van der Waals surface area contributed by atoms with Crippen LogP contribution in [0.4, 0.5) is 17.6 Å². The van der Waals surface area contributed by atoms with Crippen molar-refractivity contribution in [2.45, 2.75) is 4.90 Å². The Kier molecular flexibility index (Phi) is 5.45. The van der Waals surface area contributed by atoms with E-state index in [4.69, 9.17) is 4.74 Å². The van der Waals surface area contributed by atoms with Crippen LogP contribution in [0.3, 0.4) is 0 Å². The van der Waals surface area contributed by atoms with Crippen LogP contribution >= 0.6 is 0 Å². The first-order valence-electron chi connectivity index (χ1n) is 6.71. The van der Waals surface area contributed by atoms with Gasteiger partial charge in [0.1, 0.15) is 23.1 Å². The number of ether oxygens (including phenoxy) is 1. The summed E-state index contributed by atoms with van der Waals surface area (Å²) in [4.78, 5) is -0.967. The molecule has 0 spiro atoms. The lowest BCUT2D eigenvalue weighted by Gasteiger charge is -2.18. The average Bonchev–Trinajstić information content (AvgIpc) is 2.54. The van der Waals surface area contributed by atoms with Crippen molar-refractivity contribution in [2.24, 2.45) is 0 Å². The first-order chi connectivity index (χ1) is 11.2. The van der Waals surface area contributed by atoms with Gasteiger partial charge in [-0.15, -0.1) is 0 Å². The highest BCUT2D eigenvalue weighted by molar-refractivity contribution is 7.89. The number of halogens is 4. The van der Waals surface area contributed by atoms with Crippen LogP contribution in [0.5, 0.6) is 5.75 Å². The topological polar surface area (TPSA) is 46.6 Å². The Morgan fingerprint density at radius 1 is 0.958 bits per heavy atom. The number of benzene rings is 2. The van der Waals surface area contributed by atoms with Crippen molar-refractivity contribution in [1.82, 2.24) is 4.31 Å². The summed E-state index contributed by atoms with van der Waals surface area (Å²) in [5.74, 6) is -5.24. The van der Waals surface area contributed by atoms with Crippen molar-refractivity contribution >= 4 is 10.0 Å². The predicted octanol–water partition coefficient (Wildman–Crippen LogP) is 2.94. The lowest BCUT2D eigenvalue weighted by molar-refractivity contribution is 0.286. The third-order valence-electron chi connectivity index (χ3n) is 3.18. The van der Waals surface area contributed by atoms with Crippen molar-refractivity contribution < 1.29 is 30.7 Å². The number of sulfonamides is 1. The molecule has 0 aliphatic carbocycles. The minimum atomic E-state index is -4.36. The predicted molar refractivity (Wildman–Crippen MR) is 78.0 cm³/mol. The molecule has 0 saturated carbocycles. The zero-order chi connectivity index (χ0) is 17.9. The Morgan fingerprint density at radius 2 is 1.58 bits per heavy atom. The Hall–Kier alpha value is -2.13. The summed E-state index contributed by atoms with van der Waals surface area (Å²) in [5, 5.41) is 0. The monoisotopic (exact) mass is 363 g/mol. The van der Waals surface area contributed by atoms with Gasteiger partial charge >= 0.3 is 0 Å². The number of hydrogen-bond acceptors (Lipinski definition) is 3. The second-order valence-corrected chi connectivity index (χ2v) is 6.82. The van der Waals surface area contributed by atoms with Gasteiger partial charge in [-0.25, -0.2) is 26.0 Å². The van der Waals surface area contributed by atoms with E-state index in [-0.39, 0.29) is 13.2 Å². The van der Waals surface area contributed by atoms with Gasteiger partial charge in [0.2, 0.25) is 10.0 Å². The summed E-state index contributed by atoms with van der Waals surface area (Å²) < 4.78 is 82.9. The fourth-order valence-electron chi connectivity index (χ4n) is 1.82. The fourth-order valence-corrected chi connectivity index (χ4v) is 3.03. The van der Waals surface area contributed by atoms with Crippen molar-refractivity contribution in [3.63, 3.8) is 0 Å². The molecule has 130 valence electrons. The maximum Gasteiger partial charge on any atom is 0.245 e. The molecule has 0 aliphatic rings. The van der Waals surface area contributed by atoms with E-state index in [0.717, 1.165) is 11.4 Å². The Bertz CT molecular complexity index is 825. The minimum Gasteiger partial charge on any atom is -0.492 e. The van der Waals surface area contributed by atoms with E-state index in [2.05, 4.69) is 0 Å². The van der Waals surface area contributed by atoms with Crippen LogP contribution in [0.25, 0.3) is 0 Å². The molecule has 0 unspecified atom stereocenters. The molecule has 9 heteroatoms. The molecular weight excluding hydrogens is 350 g/mol. The molecule has 0 heterocycles. The molecule has 0 saturated heterocycles. The molecule has 24 heavy (non-hydrogen) atoms. The third-order valence-corrected chi connectivity index (χ3v) is 5.05. The van der Waals surface area contributed by atoms with Crippen LogP contribution in [0.2, 0.25) is 0 Å². The Morgan fingerprint density at radius 3 is 2.21 bits per heavy atom. The lowest BCUT2D eigenvalue weighted by atomic mass is 10.3. The smallest absolute Gasteiger partial charge is 0.245 e.